The number of methoxy groups -OCH3 is 2. The standard InChI is InChI=1S/C28H37N3O5/c1-29(2)27(32)17-21-8-9-22(25(16-21)35-4)19-30-13-5-14-31(28(30)33)23-10-11-24(34-3)26(18-23)36-15-12-20-6-7-20/h8-11,16,18,20H,5-7,12-15,17,19H2,1-4H3. The zero-order chi connectivity index (χ0) is 25.7. The number of anilines is 1. The molecule has 3 amide bonds. The number of urea groups is 1. The topological polar surface area (TPSA) is 71.6 Å². The average molecular weight is 496 g/mol. The third-order valence-electron chi connectivity index (χ3n) is 6.82. The van der Waals surface area contributed by atoms with Crippen LogP contribution in [-0.2, 0) is 17.8 Å². The molecule has 1 aliphatic heterocycles. The molecule has 0 bridgehead atoms. The van der Waals surface area contributed by atoms with Crippen molar-refractivity contribution in [3.05, 3.63) is 47.5 Å². The predicted molar refractivity (Wildman–Crippen MR) is 139 cm³/mol. The van der Waals surface area contributed by atoms with E-state index in [0.29, 0.717) is 49.9 Å². The molecular weight excluding hydrogens is 458 g/mol. The Hall–Kier alpha value is -3.42. The summed E-state index contributed by atoms with van der Waals surface area (Å²) in [6.07, 6.45) is 4.80. The summed E-state index contributed by atoms with van der Waals surface area (Å²) in [6.45, 7) is 2.40. The minimum Gasteiger partial charge on any atom is -0.496 e. The number of nitrogens with zero attached hydrogens (tertiary/aromatic N) is 3. The first kappa shape index (κ1) is 25.7. The molecule has 0 unspecified atom stereocenters. The summed E-state index contributed by atoms with van der Waals surface area (Å²) in [5, 5.41) is 0. The van der Waals surface area contributed by atoms with Crippen LogP contribution in [0.5, 0.6) is 17.2 Å². The number of likely N-dealkylation sites (N-methyl/N-ethyl adjacent to an activating group) is 1. The fourth-order valence-corrected chi connectivity index (χ4v) is 4.42. The Labute approximate surface area is 213 Å². The molecule has 1 heterocycles. The first-order valence-corrected chi connectivity index (χ1v) is 12.6. The molecule has 194 valence electrons. The van der Waals surface area contributed by atoms with E-state index >= 15 is 0 Å². The van der Waals surface area contributed by atoms with Gasteiger partial charge in [-0.2, -0.15) is 0 Å². The van der Waals surface area contributed by atoms with Crippen molar-refractivity contribution in [1.29, 1.82) is 0 Å². The van der Waals surface area contributed by atoms with Crippen LogP contribution in [0.3, 0.4) is 0 Å². The van der Waals surface area contributed by atoms with Gasteiger partial charge in [0.25, 0.3) is 0 Å². The van der Waals surface area contributed by atoms with Crippen LogP contribution < -0.4 is 19.1 Å². The number of hydrogen-bond acceptors (Lipinski definition) is 5. The molecule has 8 nitrogen and oxygen atoms in total. The second kappa shape index (κ2) is 11.5. The van der Waals surface area contributed by atoms with E-state index in [1.165, 1.54) is 12.8 Å². The third kappa shape index (κ3) is 6.22. The highest BCUT2D eigenvalue weighted by Crippen LogP contribution is 2.36. The summed E-state index contributed by atoms with van der Waals surface area (Å²) in [5.41, 5.74) is 2.59. The second-order valence-electron chi connectivity index (χ2n) is 9.74. The van der Waals surface area contributed by atoms with Gasteiger partial charge in [0.1, 0.15) is 5.75 Å². The molecule has 1 saturated carbocycles. The number of benzene rings is 2. The average Bonchev–Trinajstić information content (AvgIpc) is 3.70. The van der Waals surface area contributed by atoms with Gasteiger partial charge in [0.2, 0.25) is 5.91 Å². The van der Waals surface area contributed by atoms with Crippen LogP contribution in [0.1, 0.15) is 36.8 Å². The van der Waals surface area contributed by atoms with Crippen molar-refractivity contribution in [2.75, 3.05) is 52.9 Å². The van der Waals surface area contributed by atoms with Gasteiger partial charge in [-0.15, -0.1) is 0 Å². The number of amides is 3. The zero-order valence-corrected chi connectivity index (χ0v) is 21.8. The lowest BCUT2D eigenvalue weighted by Gasteiger charge is -2.36. The Morgan fingerprint density at radius 3 is 2.47 bits per heavy atom. The summed E-state index contributed by atoms with van der Waals surface area (Å²) in [7, 11) is 6.73. The maximum absolute atomic E-state index is 13.5. The number of rotatable bonds is 11. The molecule has 4 rings (SSSR count). The van der Waals surface area contributed by atoms with Crippen molar-refractivity contribution in [2.24, 2.45) is 5.92 Å². The van der Waals surface area contributed by atoms with Gasteiger partial charge in [-0.25, -0.2) is 4.79 Å². The highest BCUT2D eigenvalue weighted by atomic mass is 16.5. The van der Waals surface area contributed by atoms with Gasteiger partial charge in [0, 0.05) is 44.5 Å². The maximum atomic E-state index is 13.5. The maximum Gasteiger partial charge on any atom is 0.324 e. The molecular formula is C28H37N3O5. The smallest absolute Gasteiger partial charge is 0.324 e. The largest absolute Gasteiger partial charge is 0.496 e. The van der Waals surface area contributed by atoms with E-state index in [0.717, 1.165) is 35.6 Å². The molecule has 0 aromatic heterocycles. The van der Waals surface area contributed by atoms with E-state index in [2.05, 4.69) is 0 Å². The van der Waals surface area contributed by atoms with Gasteiger partial charge in [-0.05, 0) is 42.5 Å². The van der Waals surface area contributed by atoms with Gasteiger partial charge in [0.15, 0.2) is 11.5 Å². The van der Waals surface area contributed by atoms with E-state index in [9.17, 15) is 9.59 Å². The Kier molecular flexibility index (Phi) is 8.23. The van der Waals surface area contributed by atoms with Crippen LogP contribution in [0.2, 0.25) is 0 Å². The van der Waals surface area contributed by atoms with E-state index in [-0.39, 0.29) is 11.9 Å². The van der Waals surface area contributed by atoms with E-state index in [1.807, 2.05) is 41.3 Å². The quantitative estimate of drug-likeness (QED) is 0.464. The fraction of sp³-hybridized carbons (Fsp3) is 0.500. The van der Waals surface area contributed by atoms with Crippen LogP contribution >= 0.6 is 0 Å². The van der Waals surface area contributed by atoms with Crippen molar-refractivity contribution in [3.63, 3.8) is 0 Å². The Balaban J connectivity index is 1.46. The summed E-state index contributed by atoms with van der Waals surface area (Å²) in [6, 6.07) is 11.4. The molecule has 2 aromatic carbocycles. The summed E-state index contributed by atoms with van der Waals surface area (Å²) in [5.74, 6) is 2.84. The fourth-order valence-electron chi connectivity index (χ4n) is 4.42. The van der Waals surface area contributed by atoms with Gasteiger partial charge < -0.3 is 24.0 Å². The molecule has 0 spiro atoms. The Bertz CT molecular complexity index is 1080. The SMILES string of the molecule is COc1cc(CC(=O)N(C)C)ccc1CN1CCCN(c2ccc(OC)c(OCCC3CC3)c2)C1=O. The van der Waals surface area contributed by atoms with Crippen molar-refractivity contribution < 1.29 is 23.8 Å². The lowest BCUT2D eigenvalue weighted by Crippen LogP contribution is -2.49. The van der Waals surface area contributed by atoms with E-state index in [4.69, 9.17) is 14.2 Å². The van der Waals surface area contributed by atoms with Gasteiger partial charge in [-0.1, -0.05) is 25.0 Å². The third-order valence-corrected chi connectivity index (χ3v) is 6.82. The van der Waals surface area contributed by atoms with Crippen LogP contribution in [0.4, 0.5) is 10.5 Å². The zero-order valence-electron chi connectivity index (χ0n) is 21.8. The van der Waals surface area contributed by atoms with E-state index in [1.54, 1.807) is 38.1 Å². The summed E-state index contributed by atoms with van der Waals surface area (Å²) in [4.78, 5) is 30.8. The lowest BCUT2D eigenvalue weighted by molar-refractivity contribution is -0.127. The van der Waals surface area contributed by atoms with E-state index < -0.39 is 0 Å². The Morgan fingerprint density at radius 2 is 1.78 bits per heavy atom. The van der Waals surface area contributed by atoms with Crippen molar-refractivity contribution >= 4 is 17.6 Å². The van der Waals surface area contributed by atoms with Gasteiger partial charge in [-0.3, -0.25) is 9.69 Å². The highest BCUT2D eigenvalue weighted by Gasteiger charge is 2.28. The molecule has 2 fully saturated rings. The van der Waals surface area contributed by atoms with Gasteiger partial charge in [0.05, 0.1) is 33.8 Å². The summed E-state index contributed by atoms with van der Waals surface area (Å²) >= 11 is 0. The first-order valence-electron chi connectivity index (χ1n) is 12.6. The molecule has 0 N–H and O–H groups in total. The van der Waals surface area contributed by atoms with Crippen molar-refractivity contribution in [3.8, 4) is 17.2 Å². The number of carbonyl (C=O) groups excluding carboxylic acids is 2. The summed E-state index contributed by atoms with van der Waals surface area (Å²) < 4.78 is 17.1. The van der Waals surface area contributed by atoms with Gasteiger partial charge >= 0.3 is 6.03 Å². The minimum absolute atomic E-state index is 0.0297. The van der Waals surface area contributed by atoms with Crippen molar-refractivity contribution in [2.45, 2.75) is 38.6 Å². The molecule has 0 atom stereocenters. The highest BCUT2D eigenvalue weighted by molar-refractivity contribution is 5.93. The first-order chi connectivity index (χ1) is 17.4. The van der Waals surface area contributed by atoms with Crippen LogP contribution in [-0.4, -0.2) is 69.7 Å². The number of hydrogen-bond donors (Lipinski definition) is 0. The van der Waals surface area contributed by atoms with Crippen LogP contribution in [0, 0.1) is 5.92 Å². The number of ether oxygens (including phenoxy) is 3. The molecule has 0 radical (unpaired) electrons. The molecule has 1 aliphatic carbocycles. The van der Waals surface area contributed by atoms with Crippen LogP contribution in [0.15, 0.2) is 36.4 Å². The normalized spacial score (nSPS) is 15.6. The number of carbonyl (C=O) groups is 2. The molecule has 2 aromatic rings. The molecule has 1 saturated heterocycles. The van der Waals surface area contributed by atoms with Crippen molar-refractivity contribution in [1.82, 2.24) is 9.80 Å². The minimum atomic E-state index is -0.0516. The monoisotopic (exact) mass is 495 g/mol. The Morgan fingerprint density at radius 1 is 1.00 bits per heavy atom. The van der Waals surface area contributed by atoms with Crippen LogP contribution in [0.25, 0.3) is 0 Å². The lowest BCUT2D eigenvalue weighted by atomic mass is 10.1. The molecule has 36 heavy (non-hydrogen) atoms. The predicted octanol–water partition coefficient (Wildman–Crippen LogP) is 4.35. The molecule has 8 heteroatoms. The second-order valence-corrected chi connectivity index (χ2v) is 9.74. The molecule has 2 aliphatic rings.